The van der Waals surface area contributed by atoms with Gasteiger partial charge in [-0.05, 0) is 34.4 Å². The van der Waals surface area contributed by atoms with Crippen LogP contribution < -0.4 is 10.2 Å². The summed E-state index contributed by atoms with van der Waals surface area (Å²) < 4.78 is 37.7. The molecule has 5 aromatic carbocycles. The summed E-state index contributed by atoms with van der Waals surface area (Å²) in [7, 11) is 0. The first kappa shape index (κ1) is 32.1. The van der Waals surface area contributed by atoms with Gasteiger partial charge in [-0.3, -0.25) is 4.79 Å². The second kappa shape index (κ2) is 14.8. The van der Waals surface area contributed by atoms with E-state index in [-0.39, 0.29) is 53.6 Å². The van der Waals surface area contributed by atoms with Crippen molar-refractivity contribution in [3.8, 4) is 28.4 Å². The lowest BCUT2D eigenvalue weighted by Gasteiger charge is -2.25. The Kier molecular flexibility index (Phi) is 9.67. The molecule has 0 radical (unpaired) electrons. The van der Waals surface area contributed by atoms with E-state index in [9.17, 15) is 15.0 Å². The number of fused-ring (bicyclic) bond motifs is 1. The Morgan fingerprint density at radius 1 is 0.612 bits per heavy atom. The molecule has 0 saturated carbocycles. The van der Waals surface area contributed by atoms with E-state index in [1.165, 1.54) is 30.5 Å². The van der Waals surface area contributed by atoms with Crippen LogP contribution in [0, 0.1) is 0 Å². The van der Waals surface area contributed by atoms with Gasteiger partial charge in [0.25, 0.3) is 0 Å². The van der Waals surface area contributed by atoms with Crippen LogP contribution in [0.25, 0.3) is 22.1 Å². The Morgan fingerprint density at radius 2 is 1.14 bits per heavy atom. The molecule has 1 aliphatic heterocycles. The van der Waals surface area contributed by atoms with Crippen LogP contribution in [0.1, 0.15) is 16.7 Å². The van der Waals surface area contributed by atoms with Crippen LogP contribution in [-0.2, 0) is 38.8 Å². The number of aromatic hydroxyl groups is 2. The summed E-state index contributed by atoms with van der Waals surface area (Å²) in [5.74, 6) is -0.0658. The highest BCUT2D eigenvalue weighted by molar-refractivity contribution is 5.88. The number of hydrogen-bond acceptors (Lipinski definition) is 9. The van der Waals surface area contributed by atoms with Gasteiger partial charge in [-0.2, -0.15) is 0 Å². The van der Waals surface area contributed by atoms with Gasteiger partial charge in [0.05, 0.1) is 25.4 Å². The molecule has 1 fully saturated rings. The smallest absolute Gasteiger partial charge is 0.231 e. The van der Waals surface area contributed by atoms with E-state index in [1.807, 2.05) is 91.0 Å². The molecule has 248 valence electrons. The number of benzene rings is 5. The molecule has 1 aromatic heterocycles. The van der Waals surface area contributed by atoms with Gasteiger partial charge in [-0.15, -0.1) is 0 Å². The van der Waals surface area contributed by atoms with E-state index in [0.717, 1.165) is 16.7 Å². The summed E-state index contributed by atoms with van der Waals surface area (Å²) in [6.45, 7) is 0.798. The van der Waals surface area contributed by atoms with Gasteiger partial charge in [0.2, 0.25) is 11.7 Å². The highest BCUT2D eigenvalue weighted by Crippen LogP contribution is 2.35. The van der Waals surface area contributed by atoms with Crippen molar-refractivity contribution >= 4 is 11.0 Å². The molecule has 9 nitrogen and oxygen atoms in total. The van der Waals surface area contributed by atoms with Crippen LogP contribution in [0.5, 0.6) is 17.2 Å². The van der Waals surface area contributed by atoms with Gasteiger partial charge in [-0.25, -0.2) is 0 Å². The molecule has 1 saturated heterocycles. The van der Waals surface area contributed by atoms with Crippen molar-refractivity contribution in [3.05, 3.63) is 161 Å². The molecule has 7 rings (SSSR count). The second-order valence-corrected chi connectivity index (χ2v) is 11.7. The monoisotopic (exact) mass is 658 g/mol. The highest BCUT2D eigenvalue weighted by atomic mass is 16.8. The van der Waals surface area contributed by atoms with E-state index < -0.39 is 30.2 Å². The Morgan fingerprint density at radius 3 is 1.71 bits per heavy atom. The van der Waals surface area contributed by atoms with Crippen LogP contribution in [0.4, 0.5) is 0 Å². The van der Waals surface area contributed by atoms with Crippen molar-refractivity contribution in [1.82, 2.24) is 0 Å². The molecule has 6 aromatic rings. The highest BCUT2D eigenvalue weighted by Gasteiger charge is 2.49. The lowest BCUT2D eigenvalue weighted by Crippen LogP contribution is -2.40. The van der Waals surface area contributed by atoms with Crippen molar-refractivity contribution in [2.24, 2.45) is 0 Å². The maximum atomic E-state index is 13.4. The third kappa shape index (κ3) is 7.51. The van der Waals surface area contributed by atoms with Crippen LogP contribution in [0.3, 0.4) is 0 Å². The third-order valence-electron chi connectivity index (χ3n) is 8.22. The number of hydrogen-bond donors (Lipinski definition) is 2. The quantitative estimate of drug-likeness (QED) is 0.140. The van der Waals surface area contributed by atoms with Crippen LogP contribution in [-0.4, -0.2) is 35.0 Å². The van der Waals surface area contributed by atoms with Gasteiger partial charge in [-0.1, -0.05) is 103 Å². The number of ether oxygens (including phenoxy) is 5. The first-order valence-corrected chi connectivity index (χ1v) is 15.9. The molecular formula is C40H34O9. The average Bonchev–Trinajstić information content (AvgIpc) is 3.45. The second-order valence-electron chi connectivity index (χ2n) is 11.7. The normalized spacial score (nSPS) is 18.9. The predicted molar refractivity (Wildman–Crippen MR) is 182 cm³/mol. The molecular weight excluding hydrogens is 624 g/mol. The van der Waals surface area contributed by atoms with Gasteiger partial charge in [0.1, 0.15) is 40.6 Å². The predicted octanol–water partition coefficient (Wildman–Crippen LogP) is 7.32. The Hall–Kier alpha value is -5.45. The number of rotatable bonds is 12. The average molecular weight is 659 g/mol. The van der Waals surface area contributed by atoms with Crippen LogP contribution in [0.2, 0.25) is 0 Å². The third-order valence-corrected chi connectivity index (χ3v) is 8.22. The zero-order valence-corrected chi connectivity index (χ0v) is 26.4. The maximum Gasteiger partial charge on any atom is 0.231 e. The molecule has 0 unspecified atom stereocenters. The fourth-order valence-electron chi connectivity index (χ4n) is 5.71. The van der Waals surface area contributed by atoms with E-state index >= 15 is 0 Å². The van der Waals surface area contributed by atoms with Crippen molar-refractivity contribution in [2.45, 2.75) is 44.6 Å². The standard InChI is InChI=1S/C40H34O9/c41-30-18-16-29(17-19-30)32-25-44-34-21-31(20-33(42)35(34)36(32)43)48-40-38(46-23-27-12-6-2-7-13-27)37(45-22-26-10-4-1-5-11-26)39(49-40)47-24-28-14-8-3-9-15-28/h1-21,25,37-42H,22-24H2/t37-,38-,39-,40-/m0/s1. The number of phenols is 2. The van der Waals surface area contributed by atoms with Crippen molar-refractivity contribution in [1.29, 1.82) is 0 Å². The number of phenolic OH excluding ortho intramolecular Hbond substituents is 2. The Balaban J connectivity index is 1.19. The first-order chi connectivity index (χ1) is 24.0. The Labute approximate surface area is 282 Å². The van der Waals surface area contributed by atoms with Crippen molar-refractivity contribution in [3.63, 3.8) is 0 Å². The molecule has 49 heavy (non-hydrogen) atoms. The summed E-state index contributed by atoms with van der Waals surface area (Å²) in [5, 5.41) is 20.7. The fourth-order valence-corrected chi connectivity index (χ4v) is 5.71. The zero-order valence-electron chi connectivity index (χ0n) is 26.4. The van der Waals surface area contributed by atoms with Crippen LogP contribution >= 0.6 is 0 Å². The fraction of sp³-hybridized carbons (Fsp3) is 0.175. The Bertz CT molecular complexity index is 2030. The molecule has 2 N–H and O–H groups in total. The summed E-state index contributed by atoms with van der Waals surface area (Å²) in [6.07, 6.45) is -2.03. The van der Waals surface area contributed by atoms with Gasteiger partial charge >= 0.3 is 0 Å². The minimum atomic E-state index is -1.02. The largest absolute Gasteiger partial charge is 0.508 e. The topological polar surface area (TPSA) is 117 Å². The van der Waals surface area contributed by atoms with Gasteiger partial charge in [0.15, 0.2) is 12.4 Å². The summed E-state index contributed by atoms with van der Waals surface area (Å²) in [5.41, 5.74) is 3.34. The molecule has 0 aliphatic carbocycles. The molecule has 0 amide bonds. The molecule has 2 heterocycles. The molecule has 9 heteroatoms. The minimum Gasteiger partial charge on any atom is -0.508 e. The minimum absolute atomic E-state index is 0.00437. The van der Waals surface area contributed by atoms with Crippen molar-refractivity contribution in [2.75, 3.05) is 0 Å². The summed E-state index contributed by atoms with van der Waals surface area (Å²) in [4.78, 5) is 13.4. The maximum absolute atomic E-state index is 13.4. The molecule has 0 spiro atoms. The lowest BCUT2D eigenvalue weighted by atomic mass is 10.0. The van der Waals surface area contributed by atoms with Gasteiger partial charge < -0.3 is 38.3 Å². The van der Waals surface area contributed by atoms with E-state index in [4.69, 9.17) is 28.1 Å². The van der Waals surface area contributed by atoms with Crippen LogP contribution in [0.15, 0.2) is 143 Å². The lowest BCUT2D eigenvalue weighted by molar-refractivity contribution is -0.209. The summed E-state index contributed by atoms with van der Waals surface area (Å²) >= 11 is 0. The van der Waals surface area contributed by atoms with E-state index in [2.05, 4.69) is 0 Å². The zero-order chi connectivity index (χ0) is 33.6. The summed E-state index contributed by atoms with van der Waals surface area (Å²) in [6, 6.07) is 38.3. The molecule has 0 bridgehead atoms. The first-order valence-electron chi connectivity index (χ1n) is 15.9. The van der Waals surface area contributed by atoms with E-state index in [0.29, 0.717) is 5.56 Å². The molecule has 4 atom stereocenters. The van der Waals surface area contributed by atoms with Gasteiger partial charge in [0, 0.05) is 12.1 Å². The van der Waals surface area contributed by atoms with E-state index in [1.54, 1.807) is 12.1 Å². The molecule has 1 aliphatic rings. The SMILES string of the molecule is O=c1c(-c2ccc(O)cc2)coc2cc(O[C@H]3O[C@H](OCc4ccccc4)[C@@H](OCc4ccccc4)[C@@H]3OCc3ccccc3)cc(O)c12. The van der Waals surface area contributed by atoms with Crippen molar-refractivity contribution < 1.29 is 38.3 Å².